The fourth-order valence-corrected chi connectivity index (χ4v) is 6.11. The predicted molar refractivity (Wildman–Crippen MR) is 112 cm³/mol. The van der Waals surface area contributed by atoms with E-state index in [1.807, 2.05) is 4.90 Å². The Hall–Kier alpha value is -1.44. The van der Waals surface area contributed by atoms with Gasteiger partial charge in [-0.3, -0.25) is 19.8 Å². The molecule has 5 aliphatic rings. The number of piperidine rings is 2. The van der Waals surface area contributed by atoms with Crippen molar-refractivity contribution in [1.82, 2.24) is 36.2 Å². The van der Waals surface area contributed by atoms with Gasteiger partial charge in [-0.05, 0) is 12.8 Å². The molecule has 8 unspecified atom stereocenters. The van der Waals surface area contributed by atoms with Crippen LogP contribution in [0.25, 0.3) is 0 Å². The second-order valence-corrected chi connectivity index (χ2v) is 9.69. The van der Waals surface area contributed by atoms with E-state index in [-0.39, 0.29) is 37.5 Å². The van der Waals surface area contributed by atoms with Crippen LogP contribution in [0.5, 0.6) is 0 Å². The number of hydrazine groups is 1. The highest BCUT2D eigenvalue weighted by atomic mass is 19.1. The highest BCUT2D eigenvalue weighted by molar-refractivity contribution is 5.81. The van der Waals surface area contributed by atoms with Crippen LogP contribution in [0.2, 0.25) is 0 Å². The SMILES string of the molecule is NC1NN2CC(F)CNC2C1C(=O)NC1CNCC(F)C1N1CCN2C(=O)CCCC2C1. The van der Waals surface area contributed by atoms with E-state index < -0.39 is 42.7 Å². The Morgan fingerprint density at radius 3 is 2.84 bits per heavy atom. The average molecular weight is 457 g/mol. The van der Waals surface area contributed by atoms with E-state index in [2.05, 4.69) is 26.3 Å². The van der Waals surface area contributed by atoms with Crippen molar-refractivity contribution in [2.45, 2.75) is 62.1 Å². The minimum Gasteiger partial charge on any atom is -0.350 e. The zero-order chi connectivity index (χ0) is 22.4. The number of rotatable bonds is 3. The Morgan fingerprint density at radius 1 is 1.16 bits per heavy atom. The number of carbonyl (C=O) groups is 2. The molecule has 0 aromatic rings. The third-order valence-corrected chi connectivity index (χ3v) is 7.62. The van der Waals surface area contributed by atoms with E-state index >= 15 is 4.39 Å². The van der Waals surface area contributed by atoms with Crippen LogP contribution < -0.4 is 27.1 Å². The standard InChI is InChI=1S/C20H34F2N8O2/c21-11-6-25-19-16(18(23)27-30(19)9-11)20(32)26-14-8-24-7-13(22)17(14)28-4-5-29-12(10-28)2-1-3-15(29)31/h11-14,16-19,24-25,27H,1-10,23H2,(H,26,32). The smallest absolute Gasteiger partial charge is 0.229 e. The lowest BCUT2D eigenvalue weighted by molar-refractivity contribution is -0.141. The zero-order valence-electron chi connectivity index (χ0n) is 18.2. The number of fused-ring (bicyclic) bond motifs is 2. The Balaban J connectivity index is 1.27. The van der Waals surface area contributed by atoms with E-state index in [0.717, 1.165) is 12.8 Å². The lowest BCUT2D eigenvalue weighted by Gasteiger charge is -2.50. The first kappa shape index (κ1) is 22.4. The van der Waals surface area contributed by atoms with Gasteiger partial charge >= 0.3 is 0 Å². The summed E-state index contributed by atoms with van der Waals surface area (Å²) in [6.45, 7) is 2.86. The summed E-state index contributed by atoms with van der Waals surface area (Å²) in [6, 6.07) is -0.768. The molecule has 5 saturated heterocycles. The van der Waals surface area contributed by atoms with Gasteiger partial charge in [0, 0.05) is 58.3 Å². The summed E-state index contributed by atoms with van der Waals surface area (Å²) < 4.78 is 28.9. The van der Waals surface area contributed by atoms with Crippen LogP contribution in [0.4, 0.5) is 8.78 Å². The maximum atomic E-state index is 15.2. The Bertz CT molecular complexity index is 732. The van der Waals surface area contributed by atoms with Crippen LogP contribution in [-0.2, 0) is 9.59 Å². The molecule has 2 amide bonds. The van der Waals surface area contributed by atoms with Crippen LogP contribution in [0.3, 0.4) is 0 Å². The summed E-state index contributed by atoms with van der Waals surface area (Å²) in [6.07, 6.45) is -0.807. The van der Waals surface area contributed by atoms with E-state index in [1.165, 1.54) is 0 Å². The molecule has 8 atom stereocenters. The minimum absolute atomic E-state index is 0.115. The van der Waals surface area contributed by atoms with Gasteiger partial charge in [0.05, 0.1) is 30.3 Å². The summed E-state index contributed by atoms with van der Waals surface area (Å²) in [5.74, 6) is -0.689. The predicted octanol–water partition coefficient (Wildman–Crippen LogP) is -2.53. The van der Waals surface area contributed by atoms with Crippen LogP contribution in [0, 0.1) is 5.92 Å². The van der Waals surface area contributed by atoms with Crippen LogP contribution in [0.1, 0.15) is 19.3 Å². The van der Waals surface area contributed by atoms with Crippen LogP contribution in [-0.4, -0.2) is 115 Å². The number of hydrogen-bond donors (Lipinski definition) is 5. The molecule has 5 fully saturated rings. The largest absolute Gasteiger partial charge is 0.350 e. The van der Waals surface area contributed by atoms with Gasteiger partial charge in [0.25, 0.3) is 0 Å². The van der Waals surface area contributed by atoms with Crippen molar-refractivity contribution in [1.29, 1.82) is 0 Å². The first-order valence-corrected chi connectivity index (χ1v) is 11.8. The topological polar surface area (TPSA) is 118 Å². The molecule has 0 bridgehead atoms. The third kappa shape index (κ3) is 4.12. The first-order chi connectivity index (χ1) is 15.4. The minimum atomic E-state index is -1.13. The summed E-state index contributed by atoms with van der Waals surface area (Å²) in [5.41, 5.74) is 9.15. The molecule has 0 radical (unpaired) electrons. The number of nitrogens with two attached hydrogens (primary N) is 1. The Morgan fingerprint density at radius 2 is 2.00 bits per heavy atom. The molecule has 180 valence electrons. The van der Waals surface area contributed by atoms with Crippen molar-refractivity contribution < 1.29 is 18.4 Å². The monoisotopic (exact) mass is 456 g/mol. The molecule has 0 aromatic carbocycles. The summed E-state index contributed by atoms with van der Waals surface area (Å²) in [4.78, 5) is 29.5. The second kappa shape index (κ2) is 9.07. The van der Waals surface area contributed by atoms with Gasteiger partial charge in [-0.2, -0.15) is 0 Å². The molecule has 0 aromatic heterocycles. The van der Waals surface area contributed by atoms with E-state index in [4.69, 9.17) is 5.73 Å². The second-order valence-electron chi connectivity index (χ2n) is 9.69. The van der Waals surface area contributed by atoms with Crippen molar-refractivity contribution in [3.05, 3.63) is 0 Å². The van der Waals surface area contributed by atoms with E-state index in [1.54, 1.807) is 5.01 Å². The van der Waals surface area contributed by atoms with Gasteiger partial charge in [-0.15, -0.1) is 0 Å². The molecule has 0 saturated carbocycles. The van der Waals surface area contributed by atoms with E-state index in [9.17, 15) is 14.0 Å². The van der Waals surface area contributed by atoms with Crippen molar-refractivity contribution in [3.63, 3.8) is 0 Å². The normalized spacial score (nSPS) is 43.6. The van der Waals surface area contributed by atoms with Gasteiger partial charge in [0.2, 0.25) is 11.8 Å². The molecule has 0 spiro atoms. The zero-order valence-corrected chi connectivity index (χ0v) is 18.2. The number of nitrogens with one attached hydrogen (secondary N) is 4. The maximum Gasteiger partial charge on any atom is 0.229 e. The van der Waals surface area contributed by atoms with Gasteiger partial charge < -0.3 is 21.3 Å². The molecule has 5 rings (SSSR count). The van der Waals surface area contributed by atoms with Gasteiger partial charge in [0.15, 0.2) is 0 Å². The fraction of sp³-hybridized carbons (Fsp3) is 0.900. The molecular weight excluding hydrogens is 422 g/mol. The lowest BCUT2D eigenvalue weighted by atomic mass is 9.92. The molecule has 6 N–H and O–H groups in total. The van der Waals surface area contributed by atoms with Crippen molar-refractivity contribution >= 4 is 11.8 Å². The van der Waals surface area contributed by atoms with Gasteiger partial charge in [0.1, 0.15) is 12.3 Å². The number of piperazine rings is 1. The first-order valence-electron chi connectivity index (χ1n) is 11.8. The van der Waals surface area contributed by atoms with Crippen LogP contribution in [0.15, 0.2) is 0 Å². The number of carbonyl (C=O) groups excluding carboxylic acids is 2. The number of nitrogens with zero attached hydrogens (tertiary/aromatic N) is 3. The highest BCUT2D eigenvalue weighted by Gasteiger charge is 2.49. The number of halogens is 2. The van der Waals surface area contributed by atoms with E-state index in [0.29, 0.717) is 32.6 Å². The van der Waals surface area contributed by atoms with Gasteiger partial charge in [-0.25, -0.2) is 19.2 Å². The van der Waals surface area contributed by atoms with Crippen LogP contribution >= 0.6 is 0 Å². The molecule has 12 heteroatoms. The van der Waals surface area contributed by atoms with Crippen molar-refractivity contribution in [3.8, 4) is 0 Å². The molecule has 0 aliphatic carbocycles. The highest BCUT2D eigenvalue weighted by Crippen LogP contribution is 2.27. The number of hydrogen-bond acceptors (Lipinski definition) is 8. The molecule has 32 heavy (non-hydrogen) atoms. The summed E-state index contributed by atoms with van der Waals surface area (Å²) in [7, 11) is 0. The molecule has 10 nitrogen and oxygen atoms in total. The molecule has 5 heterocycles. The number of alkyl halides is 2. The third-order valence-electron chi connectivity index (χ3n) is 7.62. The van der Waals surface area contributed by atoms with Gasteiger partial charge in [-0.1, -0.05) is 0 Å². The summed E-state index contributed by atoms with van der Waals surface area (Å²) in [5, 5.41) is 10.8. The maximum absolute atomic E-state index is 15.2. The Labute approximate surface area is 186 Å². The lowest BCUT2D eigenvalue weighted by Crippen LogP contribution is -2.70. The Kier molecular flexibility index (Phi) is 6.34. The fourth-order valence-electron chi connectivity index (χ4n) is 6.11. The molecule has 5 aliphatic heterocycles. The van der Waals surface area contributed by atoms with Crippen molar-refractivity contribution in [2.24, 2.45) is 11.7 Å². The average Bonchev–Trinajstić information content (AvgIpc) is 3.08. The number of amides is 2. The molecular formula is C20H34F2N8O2. The van der Waals surface area contributed by atoms with Crippen molar-refractivity contribution in [2.75, 3.05) is 45.8 Å². The summed E-state index contributed by atoms with van der Waals surface area (Å²) >= 11 is 0. The quantitative estimate of drug-likeness (QED) is 0.316.